The van der Waals surface area contributed by atoms with Gasteiger partial charge in [0.2, 0.25) is 11.9 Å². The molecule has 0 saturated carbocycles. The molecule has 3 aromatic rings. The molecule has 4 heterocycles. The van der Waals surface area contributed by atoms with Crippen LogP contribution in [0, 0.1) is 11.7 Å². The number of nitrogens with zero attached hydrogens (tertiary/aromatic N) is 7. The molecule has 2 N–H and O–H groups in total. The average Bonchev–Trinajstić information content (AvgIpc) is 3.31. The van der Waals surface area contributed by atoms with Gasteiger partial charge in [0.05, 0.1) is 5.02 Å². The molecule has 2 aliphatic heterocycles. The van der Waals surface area contributed by atoms with E-state index in [-0.39, 0.29) is 16.8 Å². The standard InChI is InChI=1S/C24H28ClFN8O/c1-31-9-6-28-24(31)34-12-10-33(11-13-34)21-15-20(32-7-4-16(5-8-32)22(27)35)29-23(30-21)17-2-3-19(26)18(25)14-17/h2-3,6,9,14-16H,4-5,7-8,10-13H2,1H3,(H2,27,35). The lowest BCUT2D eigenvalue weighted by molar-refractivity contribution is -0.122. The number of piperidine rings is 1. The van der Waals surface area contributed by atoms with Gasteiger partial charge >= 0.3 is 0 Å². The number of carbonyl (C=O) groups is 1. The fourth-order valence-electron chi connectivity index (χ4n) is 4.70. The Morgan fingerprint density at radius 3 is 2.20 bits per heavy atom. The van der Waals surface area contributed by atoms with Crippen molar-refractivity contribution in [3.05, 3.63) is 47.5 Å². The van der Waals surface area contributed by atoms with Gasteiger partial charge in [0, 0.05) is 76.3 Å². The Bertz CT molecular complexity index is 1220. The molecule has 0 radical (unpaired) electrons. The lowest BCUT2D eigenvalue weighted by Gasteiger charge is -2.37. The molecular weight excluding hydrogens is 471 g/mol. The zero-order valence-corrected chi connectivity index (χ0v) is 20.3. The molecule has 0 spiro atoms. The SMILES string of the molecule is Cn1ccnc1N1CCN(c2cc(N3CCC(C(N)=O)CC3)nc(-c3ccc(F)c(Cl)c3)n2)CC1. The summed E-state index contributed by atoms with van der Waals surface area (Å²) in [5, 5.41) is 0.0315. The highest BCUT2D eigenvalue weighted by Crippen LogP contribution is 2.30. The Morgan fingerprint density at radius 2 is 1.63 bits per heavy atom. The van der Waals surface area contributed by atoms with Crippen LogP contribution < -0.4 is 20.4 Å². The quantitative estimate of drug-likeness (QED) is 0.577. The number of nitrogens with two attached hydrogens (primary N) is 1. The van der Waals surface area contributed by atoms with E-state index >= 15 is 0 Å². The highest BCUT2D eigenvalue weighted by Gasteiger charge is 2.26. The van der Waals surface area contributed by atoms with Gasteiger partial charge in [0.1, 0.15) is 17.5 Å². The Kier molecular flexibility index (Phi) is 6.46. The van der Waals surface area contributed by atoms with Gasteiger partial charge in [-0.05, 0) is 31.0 Å². The lowest BCUT2D eigenvalue weighted by atomic mass is 9.96. The molecule has 0 aliphatic carbocycles. The van der Waals surface area contributed by atoms with Crippen LogP contribution in [0.15, 0.2) is 36.7 Å². The third-order valence-corrected chi connectivity index (χ3v) is 7.07. The molecule has 184 valence electrons. The third-order valence-electron chi connectivity index (χ3n) is 6.78. The van der Waals surface area contributed by atoms with Crippen LogP contribution >= 0.6 is 11.6 Å². The van der Waals surface area contributed by atoms with E-state index in [1.54, 1.807) is 18.3 Å². The minimum atomic E-state index is -0.481. The van der Waals surface area contributed by atoms with E-state index in [0.29, 0.717) is 37.3 Å². The topological polar surface area (TPSA) is 96.4 Å². The smallest absolute Gasteiger partial charge is 0.220 e. The molecule has 35 heavy (non-hydrogen) atoms. The Morgan fingerprint density at radius 1 is 1.00 bits per heavy atom. The van der Waals surface area contributed by atoms with E-state index in [2.05, 4.69) is 19.7 Å². The van der Waals surface area contributed by atoms with Crippen molar-refractivity contribution in [2.45, 2.75) is 12.8 Å². The molecule has 2 fully saturated rings. The molecule has 2 aliphatic rings. The van der Waals surface area contributed by atoms with Gasteiger partial charge in [0.25, 0.3) is 0 Å². The summed E-state index contributed by atoms with van der Waals surface area (Å²) in [5.74, 6) is 2.19. The summed E-state index contributed by atoms with van der Waals surface area (Å²) in [6.07, 6.45) is 5.13. The first-order valence-electron chi connectivity index (χ1n) is 11.7. The van der Waals surface area contributed by atoms with Gasteiger partial charge in [0.15, 0.2) is 5.82 Å². The number of hydrogen-bond donors (Lipinski definition) is 1. The van der Waals surface area contributed by atoms with Gasteiger partial charge in [-0.1, -0.05) is 11.6 Å². The summed E-state index contributed by atoms with van der Waals surface area (Å²) in [7, 11) is 1.99. The molecule has 1 aromatic carbocycles. The zero-order valence-electron chi connectivity index (χ0n) is 19.6. The predicted molar refractivity (Wildman–Crippen MR) is 134 cm³/mol. The second kappa shape index (κ2) is 9.69. The van der Waals surface area contributed by atoms with E-state index in [0.717, 1.165) is 43.8 Å². The largest absolute Gasteiger partial charge is 0.369 e. The van der Waals surface area contributed by atoms with Crippen LogP contribution in [0.4, 0.5) is 22.0 Å². The van der Waals surface area contributed by atoms with Crippen molar-refractivity contribution in [3.63, 3.8) is 0 Å². The third kappa shape index (κ3) is 4.88. The monoisotopic (exact) mass is 498 g/mol. The summed E-state index contributed by atoms with van der Waals surface area (Å²) < 4.78 is 15.8. The molecule has 2 saturated heterocycles. The first kappa shape index (κ1) is 23.3. The molecule has 9 nitrogen and oxygen atoms in total. The van der Waals surface area contributed by atoms with Crippen LogP contribution in [0.1, 0.15) is 12.8 Å². The molecule has 11 heteroatoms. The number of aryl methyl sites for hydroxylation is 1. The Labute approximate surface area is 208 Å². The molecule has 1 amide bonds. The van der Waals surface area contributed by atoms with Gasteiger partial charge in [-0.3, -0.25) is 4.79 Å². The van der Waals surface area contributed by atoms with Crippen molar-refractivity contribution in [2.75, 3.05) is 54.0 Å². The van der Waals surface area contributed by atoms with Crippen molar-refractivity contribution < 1.29 is 9.18 Å². The molecule has 0 atom stereocenters. The number of amides is 1. The van der Waals surface area contributed by atoms with Crippen LogP contribution in [0.3, 0.4) is 0 Å². The van der Waals surface area contributed by atoms with Crippen LogP contribution in [-0.2, 0) is 11.8 Å². The number of anilines is 3. The fraction of sp³-hybridized carbons (Fsp3) is 0.417. The minimum Gasteiger partial charge on any atom is -0.369 e. The average molecular weight is 499 g/mol. The number of benzene rings is 1. The van der Waals surface area contributed by atoms with E-state index in [9.17, 15) is 9.18 Å². The van der Waals surface area contributed by atoms with Gasteiger partial charge in [-0.15, -0.1) is 0 Å². The predicted octanol–water partition coefficient (Wildman–Crippen LogP) is 2.70. The first-order chi connectivity index (χ1) is 16.9. The molecule has 5 rings (SSSR count). The van der Waals surface area contributed by atoms with Crippen LogP contribution in [0.25, 0.3) is 11.4 Å². The van der Waals surface area contributed by atoms with E-state index < -0.39 is 5.82 Å². The van der Waals surface area contributed by atoms with Gasteiger partial charge in [-0.2, -0.15) is 0 Å². The maximum absolute atomic E-state index is 13.8. The first-order valence-corrected chi connectivity index (χ1v) is 12.1. The summed E-state index contributed by atoms with van der Waals surface area (Å²) in [6.45, 7) is 4.53. The minimum absolute atomic E-state index is 0.0315. The number of imidazole rings is 1. The normalized spacial score (nSPS) is 17.2. The highest BCUT2D eigenvalue weighted by atomic mass is 35.5. The molecular formula is C24H28ClFN8O. The van der Waals surface area contributed by atoms with Crippen molar-refractivity contribution in [2.24, 2.45) is 18.7 Å². The van der Waals surface area contributed by atoms with Crippen molar-refractivity contribution in [1.82, 2.24) is 19.5 Å². The summed E-state index contributed by atoms with van der Waals surface area (Å²) >= 11 is 6.06. The van der Waals surface area contributed by atoms with E-state index in [4.69, 9.17) is 27.3 Å². The summed E-state index contributed by atoms with van der Waals surface area (Å²) in [4.78, 5) is 32.3. The summed E-state index contributed by atoms with van der Waals surface area (Å²) in [5.41, 5.74) is 6.16. The van der Waals surface area contributed by atoms with Crippen molar-refractivity contribution >= 4 is 35.1 Å². The highest BCUT2D eigenvalue weighted by molar-refractivity contribution is 6.31. The lowest BCUT2D eigenvalue weighted by Crippen LogP contribution is -2.47. The van der Waals surface area contributed by atoms with Crippen LogP contribution in [0.5, 0.6) is 0 Å². The number of carbonyl (C=O) groups excluding carboxylic acids is 1. The number of piperazine rings is 1. The maximum Gasteiger partial charge on any atom is 0.220 e. The molecule has 0 unspecified atom stereocenters. The Hall–Kier alpha value is -3.40. The molecule has 2 aromatic heterocycles. The maximum atomic E-state index is 13.8. The molecule has 0 bridgehead atoms. The van der Waals surface area contributed by atoms with Gasteiger partial charge in [-0.25, -0.2) is 19.3 Å². The second-order valence-corrected chi connectivity index (χ2v) is 9.42. The number of primary amides is 1. The van der Waals surface area contributed by atoms with E-state index in [1.807, 2.05) is 23.9 Å². The summed E-state index contributed by atoms with van der Waals surface area (Å²) in [6, 6.07) is 6.52. The fourth-order valence-corrected chi connectivity index (χ4v) is 4.88. The van der Waals surface area contributed by atoms with Crippen LogP contribution in [-0.4, -0.2) is 64.7 Å². The van der Waals surface area contributed by atoms with Gasteiger partial charge < -0.3 is 25.0 Å². The van der Waals surface area contributed by atoms with E-state index in [1.165, 1.54) is 6.07 Å². The second-order valence-electron chi connectivity index (χ2n) is 9.01. The Balaban J connectivity index is 1.42. The number of rotatable bonds is 5. The number of hydrogen-bond acceptors (Lipinski definition) is 7. The number of aromatic nitrogens is 4. The van der Waals surface area contributed by atoms with Crippen molar-refractivity contribution in [1.29, 1.82) is 0 Å². The van der Waals surface area contributed by atoms with Crippen LogP contribution in [0.2, 0.25) is 5.02 Å². The zero-order chi connectivity index (χ0) is 24.5. The van der Waals surface area contributed by atoms with Crippen molar-refractivity contribution in [3.8, 4) is 11.4 Å². The number of halogens is 2.